The molecule has 0 heterocycles. The van der Waals surface area contributed by atoms with Crippen LogP contribution in [-0.4, -0.2) is 0 Å². The average molecular weight is 266 g/mol. The summed E-state index contributed by atoms with van der Waals surface area (Å²) in [5.41, 5.74) is 7.14. The van der Waals surface area contributed by atoms with E-state index < -0.39 is 0 Å². The zero-order chi connectivity index (χ0) is 14.9. The van der Waals surface area contributed by atoms with Gasteiger partial charge in [-0.15, -0.1) is 0 Å². The predicted octanol–water partition coefficient (Wildman–Crippen LogP) is 6.08. The molecule has 0 fully saturated rings. The standard InChI is InChI=1S/C20H26/c1-14(2)17-9-7-8-10-18(17)16-12-11-15(3)19(13-16)20(4,5)6/h7-14H,1-6H3. The molecule has 20 heavy (non-hydrogen) atoms. The third-order valence-corrected chi connectivity index (χ3v) is 3.94. The van der Waals surface area contributed by atoms with Gasteiger partial charge in [0.25, 0.3) is 0 Å². The Morgan fingerprint density at radius 1 is 0.900 bits per heavy atom. The Bertz CT molecular complexity index is 598. The summed E-state index contributed by atoms with van der Waals surface area (Å²) >= 11 is 0. The van der Waals surface area contributed by atoms with Crippen LogP contribution in [-0.2, 0) is 5.41 Å². The van der Waals surface area contributed by atoms with Gasteiger partial charge in [0, 0.05) is 0 Å². The molecule has 0 aliphatic rings. The highest BCUT2D eigenvalue weighted by molar-refractivity contribution is 5.69. The largest absolute Gasteiger partial charge is 0.0619 e. The van der Waals surface area contributed by atoms with E-state index >= 15 is 0 Å². The Morgan fingerprint density at radius 2 is 1.55 bits per heavy atom. The molecule has 0 unspecified atom stereocenters. The van der Waals surface area contributed by atoms with Crippen molar-refractivity contribution >= 4 is 0 Å². The van der Waals surface area contributed by atoms with Gasteiger partial charge in [0.05, 0.1) is 0 Å². The SMILES string of the molecule is Cc1ccc(-c2ccccc2C(C)C)cc1C(C)(C)C. The Morgan fingerprint density at radius 3 is 2.15 bits per heavy atom. The van der Waals surface area contributed by atoms with Crippen LogP contribution in [0.4, 0.5) is 0 Å². The van der Waals surface area contributed by atoms with E-state index in [1.54, 1.807) is 0 Å². The van der Waals surface area contributed by atoms with E-state index in [1.807, 2.05) is 0 Å². The Hall–Kier alpha value is -1.56. The third kappa shape index (κ3) is 2.95. The maximum Gasteiger partial charge on any atom is -0.0129 e. The lowest BCUT2D eigenvalue weighted by atomic mass is 9.81. The zero-order valence-electron chi connectivity index (χ0n) is 13.6. The van der Waals surface area contributed by atoms with E-state index in [9.17, 15) is 0 Å². The van der Waals surface area contributed by atoms with Crippen molar-refractivity contribution in [3.05, 3.63) is 59.2 Å². The monoisotopic (exact) mass is 266 g/mol. The highest BCUT2D eigenvalue weighted by Gasteiger charge is 2.17. The van der Waals surface area contributed by atoms with Gasteiger partial charge in [0.1, 0.15) is 0 Å². The summed E-state index contributed by atoms with van der Waals surface area (Å²) in [7, 11) is 0. The Balaban J connectivity index is 2.60. The normalized spacial score (nSPS) is 11.9. The number of benzene rings is 2. The van der Waals surface area contributed by atoms with Gasteiger partial charge in [-0.25, -0.2) is 0 Å². The minimum Gasteiger partial charge on any atom is -0.0619 e. The van der Waals surface area contributed by atoms with Crippen LogP contribution in [0.1, 0.15) is 57.2 Å². The molecular formula is C20H26. The van der Waals surface area contributed by atoms with E-state index in [1.165, 1.54) is 27.8 Å². The molecule has 0 spiro atoms. The molecule has 0 radical (unpaired) electrons. The first kappa shape index (κ1) is 14.8. The maximum absolute atomic E-state index is 2.37. The highest BCUT2D eigenvalue weighted by Crippen LogP contribution is 2.33. The number of aryl methyl sites for hydroxylation is 1. The highest BCUT2D eigenvalue weighted by atomic mass is 14.2. The summed E-state index contributed by atoms with van der Waals surface area (Å²) in [4.78, 5) is 0. The first-order valence-electron chi connectivity index (χ1n) is 7.51. The van der Waals surface area contributed by atoms with Crippen molar-refractivity contribution in [2.45, 2.75) is 52.9 Å². The molecule has 2 rings (SSSR count). The number of rotatable bonds is 2. The predicted molar refractivity (Wildman–Crippen MR) is 89.4 cm³/mol. The van der Waals surface area contributed by atoms with Crippen LogP contribution in [0.15, 0.2) is 42.5 Å². The molecule has 0 bridgehead atoms. The molecule has 0 heteroatoms. The Labute approximate surface area is 123 Å². The first-order valence-corrected chi connectivity index (χ1v) is 7.51. The molecule has 0 atom stereocenters. The van der Waals surface area contributed by atoms with Crippen LogP contribution in [0.3, 0.4) is 0 Å². The van der Waals surface area contributed by atoms with Gasteiger partial charge >= 0.3 is 0 Å². The molecule has 0 N–H and O–H groups in total. The third-order valence-electron chi connectivity index (χ3n) is 3.94. The van der Waals surface area contributed by atoms with Gasteiger partial charge in [-0.3, -0.25) is 0 Å². The van der Waals surface area contributed by atoms with Crippen LogP contribution in [0.5, 0.6) is 0 Å². The smallest absolute Gasteiger partial charge is 0.0129 e. The molecule has 2 aromatic rings. The fraction of sp³-hybridized carbons (Fsp3) is 0.400. The minimum atomic E-state index is 0.187. The summed E-state index contributed by atoms with van der Waals surface area (Å²) < 4.78 is 0. The van der Waals surface area contributed by atoms with E-state index in [2.05, 4.69) is 84.0 Å². The van der Waals surface area contributed by atoms with Crippen molar-refractivity contribution in [2.24, 2.45) is 0 Å². The van der Waals surface area contributed by atoms with Crippen LogP contribution >= 0.6 is 0 Å². The maximum atomic E-state index is 2.37. The lowest BCUT2D eigenvalue weighted by molar-refractivity contribution is 0.586. The van der Waals surface area contributed by atoms with E-state index in [0.717, 1.165) is 0 Å². The molecule has 0 aliphatic carbocycles. The second kappa shape index (κ2) is 5.44. The van der Waals surface area contributed by atoms with Crippen molar-refractivity contribution in [1.82, 2.24) is 0 Å². The minimum absolute atomic E-state index is 0.187. The van der Waals surface area contributed by atoms with Gasteiger partial charge in [0.2, 0.25) is 0 Å². The quantitative estimate of drug-likeness (QED) is 0.617. The molecule has 0 aromatic heterocycles. The zero-order valence-corrected chi connectivity index (χ0v) is 13.6. The first-order chi connectivity index (χ1) is 9.30. The van der Waals surface area contributed by atoms with Crippen molar-refractivity contribution in [2.75, 3.05) is 0 Å². The molecule has 0 amide bonds. The molecule has 106 valence electrons. The number of hydrogen-bond donors (Lipinski definition) is 0. The molecule has 0 aliphatic heterocycles. The number of hydrogen-bond acceptors (Lipinski definition) is 0. The second-order valence-corrected chi connectivity index (χ2v) is 7.02. The lowest BCUT2D eigenvalue weighted by Crippen LogP contribution is -2.13. The van der Waals surface area contributed by atoms with Crippen molar-refractivity contribution < 1.29 is 0 Å². The topological polar surface area (TPSA) is 0 Å². The van der Waals surface area contributed by atoms with Crippen molar-refractivity contribution in [3.63, 3.8) is 0 Å². The van der Waals surface area contributed by atoms with Crippen LogP contribution in [0.2, 0.25) is 0 Å². The van der Waals surface area contributed by atoms with Gasteiger partial charge in [0.15, 0.2) is 0 Å². The summed E-state index contributed by atoms with van der Waals surface area (Å²) in [5.74, 6) is 0.547. The average Bonchev–Trinajstić information content (AvgIpc) is 2.38. The van der Waals surface area contributed by atoms with Gasteiger partial charge in [-0.05, 0) is 46.1 Å². The van der Waals surface area contributed by atoms with Crippen LogP contribution in [0.25, 0.3) is 11.1 Å². The summed E-state index contributed by atoms with van der Waals surface area (Å²) in [6, 6.07) is 15.6. The second-order valence-electron chi connectivity index (χ2n) is 7.02. The van der Waals surface area contributed by atoms with Gasteiger partial charge in [-0.2, -0.15) is 0 Å². The van der Waals surface area contributed by atoms with E-state index in [4.69, 9.17) is 0 Å². The van der Waals surface area contributed by atoms with Gasteiger partial charge in [-0.1, -0.05) is 77.1 Å². The molecule has 0 saturated carbocycles. The Kier molecular flexibility index (Phi) is 4.04. The molecule has 2 aromatic carbocycles. The fourth-order valence-electron chi connectivity index (χ4n) is 2.86. The summed E-state index contributed by atoms with van der Waals surface area (Å²) in [5, 5.41) is 0. The molecular weight excluding hydrogens is 240 g/mol. The van der Waals surface area contributed by atoms with E-state index in [0.29, 0.717) is 5.92 Å². The summed E-state index contributed by atoms with van der Waals surface area (Å²) in [6.07, 6.45) is 0. The van der Waals surface area contributed by atoms with Crippen LogP contribution in [0, 0.1) is 6.92 Å². The van der Waals surface area contributed by atoms with E-state index in [-0.39, 0.29) is 5.41 Å². The van der Waals surface area contributed by atoms with Crippen molar-refractivity contribution in [3.8, 4) is 11.1 Å². The summed E-state index contributed by atoms with van der Waals surface area (Å²) in [6.45, 7) is 13.6. The molecule has 0 nitrogen and oxygen atoms in total. The fourth-order valence-corrected chi connectivity index (χ4v) is 2.86. The van der Waals surface area contributed by atoms with Gasteiger partial charge < -0.3 is 0 Å². The van der Waals surface area contributed by atoms with Crippen LogP contribution < -0.4 is 0 Å². The molecule has 0 saturated heterocycles. The lowest BCUT2D eigenvalue weighted by Gasteiger charge is -2.23. The van der Waals surface area contributed by atoms with Crippen molar-refractivity contribution in [1.29, 1.82) is 0 Å².